The number of rotatable bonds is 6. The molecule has 0 radical (unpaired) electrons. The number of nitrogens with zero attached hydrogens (tertiary/aromatic N) is 2. The fourth-order valence-corrected chi connectivity index (χ4v) is 6.04. The van der Waals surface area contributed by atoms with Crippen LogP contribution in [0.4, 0.5) is 0 Å². The van der Waals surface area contributed by atoms with Gasteiger partial charge in [0.15, 0.2) is 5.76 Å². The molecule has 0 bridgehead atoms. The normalized spacial score (nSPS) is 24.2. The van der Waals surface area contributed by atoms with E-state index in [2.05, 4.69) is 25.1 Å². The molecule has 206 valence electrons. The molecule has 7 heteroatoms. The lowest BCUT2D eigenvalue weighted by atomic mass is 9.89. The smallest absolute Gasteiger partial charge is 0.310 e. The summed E-state index contributed by atoms with van der Waals surface area (Å²) in [5.74, 6) is -0.322. The van der Waals surface area contributed by atoms with Crippen LogP contribution >= 0.6 is 0 Å². The number of piperidine rings is 1. The third kappa shape index (κ3) is 6.18. The molecule has 2 amide bonds. The number of fused-ring (bicyclic) bond motifs is 1. The Morgan fingerprint density at radius 2 is 1.85 bits per heavy atom. The van der Waals surface area contributed by atoms with Gasteiger partial charge >= 0.3 is 5.97 Å². The zero-order chi connectivity index (χ0) is 27.4. The largest absolute Gasteiger partial charge is 0.482 e. The zero-order valence-corrected chi connectivity index (χ0v) is 22.9. The number of hydrogen-bond acceptors (Lipinski definition) is 5. The summed E-state index contributed by atoms with van der Waals surface area (Å²) < 4.78 is 11.4. The van der Waals surface area contributed by atoms with Crippen molar-refractivity contribution in [2.45, 2.75) is 71.1 Å². The van der Waals surface area contributed by atoms with Crippen LogP contribution in [0.25, 0.3) is 6.08 Å². The highest BCUT2D eigenvalue weighted by atomic mass is 16.5. The first-order valence-electron chi connectivity index (χ1n) is 14.2. The van der Waals surface area contributed by atoms with Crippen molar-refractivity contribution in [3.8, 4) is 0 Å². The zero-order valence-electron chi connectivity index (χ0n) is 22.9. The molecule has 39 heavy (non-hydrogen) atoms. The maximum absolute atomic E-state index is 13.6. The minimum Gasteiger partial charge on any atom is -0.482 e. The Balaban J connectivity index is 1.31. The Morgan fingerprint density at radius 3 is 2.62 bits per heavy atom. The first-order valence-corrected chi connectivity index (χ1v) is 14.2. The van der Waals surface area contributed by atoms with Crippen LogP contribution in [-0.2, 0) is 25.6 Å². The van der Waals surface area contributed by atoms with Crippen LogP contribution in [0.15, 0.2) is 54.3 Å². The molecule has 0 N–H and O–H groups in total. The van der Waals surface area contributed by atoms with Crippen LogP contribution in [0.2, 0.25) is 0 Å². The van der Waals surface area contributed by atoms with Crippen molar-refractivity contribution in [3.63, 3.8) is 0 Å². The molecule has 2 aromatic carbocycles. The number of aryl methyl sites for hydroxylation is 1. The molecule has 3 aliphatic rings. The van der Waals surface area contributed by atoms with Crippen LogP contribution in [0.5, 0.6) is 0 Å². The van der Waals surface area contributed by atoms with E-state index in [0.717, 1.165) is 49.7 Å². The number of likely N-dealkylation sites (tertiary alicyclic amines) is 1. The van der Waals surface area contributed by atoms with Crippen LogP contribution < -0.4 is 0 Å². The van der Waals surface area contributed by atoms with E-state index >= 15 is 0 Å². The van der Waals surface area contributed by atoms with Crippen molar-refractivity contribution in [2.24, 2.45) is 5.92 Å². The van der Waals surface area contributed by atoms with Gasteiger partial charge in [-0.05, 0) is 75.3 Å². The molecule has 1 aliphatic carbocycles. The molecule has 3 atom stereocenters. The second-order valence-electron chi connectivity index (χ2n) is 10.9. The molecular weight excluding hydrogens is 492 g/mol. The Hall–Kier alpha value is -3.61. The van der Waals surface area contributed by atoms with Crippen LogP contribution in [0.3, 0.4) is 0 Å². The Kier molecular flexibility index (Phi) is 8.34. The molecule has 1 saturated carbocycles. The van der Waals surface area contributed by atoms with Crippen molar-refractivity contribution >= 4 is 23.9 Å². The summed E-state index contributed by atoms with van der Waals surface area (Å²) in [4.78, 5) is 42.7. The fraction of sp³-hybridized carbons (Fsp3) is 0.469. The van der Waals surface area contributed by atoms with Crippen LogP contribution in [-0.4, -0.2) is 59.4 Å². The lowest BCUT2D eigenvalue weighted by molar-refractivity contribution is -0.150. The van der Waals surface area contributed by atoms with Crippen molar-refractivity contribution < 1.29 is 23.9 Å². The van der Waals surface area contributed by atoms with Gasteiger partial charge < -0.3 is 19.3 Å². The molecule has 7 nitrogen and oxygen atoms in total. The van der Waals surface area contributed by atoms with E-state index in [4.69, 9.17) is 9.47 Å². The average Bonchev–Trinajstić information content (AvgIpc) is 2.95. The number of esters is 1. The third-order valence-electron chi connectivity index (χ3n) is 8.04. The van der Waals surface area contributed by atoms with Gasteiger partial charge in [-0.3, -0.25) is 14.4 Å². The van der Waals surface area contributed by atoms with Gasteiger partial charge in [0.1, 0.15) is 6.10 Å². The maximum atomic E-state index is 13.6. The minimum absolute atomic E-state index is 0.000180. The Labute approximate surface area is 230 Å². The minimum atomic E-state index is -0.271. The van der Waals surface area contributed by atoms with Gasteiger partial charge in [0.2, 0.25) is 0 Å². The van der Waals surface area contributed by atoms with E-state index in [-0.39, 0.29) is 35.8 Å². The van der Waals surface area contributed by atoms with Crippen LogP contribution in [0, 0.1) is 12.8 Å². The fourth-order valence-electron chi connectivity index (χ4n) is 6.04. The van der Waals surface area contributed by atoms with E-state index in [0.29, 0.717) is 37.6 Å². The third-order valence-corrected chi connectivity index (χ3v) is 8.04. The Morgan fingerprint density at radius 1 is 1.05 bits per heavy atom. The van der Waals surface area contributed by atoms with E-state index in [1.54, 1.807) is 30.0 Å². The topological polar surface area (TPSA) is 76.2 Å². The molecule has 0 spiro atoms. The second-order valence-corrected chi connectivity index (χ2v) is 10.9. The number of hydrogen-bond donors (Lipinski definition) is 0. The van der Waals surface area contributed by atoms with Crippen molar-refractivity contribution in [1.29, 1.82) is 0 Å². The highest BCUT2D eigenvalue weighted by Crippen LogP contribution is 2.34. The van der Waals surface area contributed by atoms with E-state index in [1.807, 2.05) is 23.1 Å². The van der Waals surface area contributed by atoms with Crippen molar-refractivity contribution in [3.05, 3.63) is 76.5 Å². The lowest BCUT2D eigenvalue weighted by Crippen LogP contribution is -2.54. The number of benzene rings is 2. The summed E-state index contributed by atoms with van der Waals surface area (Å²) in [6.45, 7) is 5.78. The molecular formula is C32H38N2O5. The summed E-state index contributed by atoms with van der Waals surface area (Å²) in [7, 11) is 0. The van der Waals surface area contributed by atoms with Gasteiger partial charge in [0.05, 0.1) is 18.6 Å². The summed E-state index contributed by atoms with van der Waals surface area (Å²) in [6.07, 6.45) is 7.42. The highest BCUT2D eigenvalue weighted by molar-refractivity contribution is 5.97. The number of carbonyl (C=O) groups is 3. The van der Waals surface area contributed by atoms with Crippen molar-refractivity contribution in [2.75, 3.05) is 19.7 Å². The Bertz CT molecular complexity index is 1240. The van der Waals surface area contributed by atoms with Gasteiger partial charge in [-0.2, -0.15) is 0 Å². The molecule has 2 aromatic rings. The van der Waals surface area contributed by atoms with E-state index < -0.39 is 0 Å². The van der Waals surface area contributed by atoms with Gasteiger partial charge in [-0.1, -0.05) is 48.4 Å². The number of amides is 2. The summed E-state index contributed by atoms with van der Waals surface area (Å²) in [5, 5.41) is 0. The molecule has 3 fully saturated rings. The standard InChI is InChI=1S/C32H38N2O5/c1-3-38-32(37)26-10-7-17-33(21-26)30(35)25-15-13-23(14-16-25)19-29-31(36)34(20-24-9-6-8-22(2)18-24)27-11-4-5-12-28(27)39-29/h6,8-9,13-16,18-19,26-28H,3-5,7,10-12,17,20-21H2,1-2H3/b29-19+. The number of morpholine rings is 1. The first-order chi connectivity index (χ1) is 18.9. The summed E-state index contributed by atoms with van der Waals surface area (Å²) in [6, 6.07) is 15.7. The lowest BCUT2D eigenvalue weighted by Gasteiger charge is -2.44. The highest BCUT2D eigenvalue weighted by Gasteiger charge is 2.41. The monoisotopic (exact) mass is 530 g/mol. The first kappa shape index (κ1) is 27.0. The summed E-state index contributed by atoms with van der Waals surface area (Å²) in [5.41, 5.74) is 3.67. The quantitative estimate of drug-likeness (QED) is 0.383. The predicted molar refractivity (Wildman–Crippen MR) is 149 cm³/mol. The van der Waals surface area contributed by atoms with Crippen molar-refractivity contribution in [1.82, 2.24) is 9.80 Å². The molecule has 5 rings (SSSR count). The van der Waals surface area contributed by atoms with Gasteiger partial charge in [-0.15, -0.1) is 0 Å². The number of carbonyl (C=O) groups excluding carboxylic acids is 3. The number of ether oxygens (including phenoxy) is 2. The summed E-state index contributed by atoms with van der Waals surface area (Å²) >= 11 is 0. The average molecular weight is 531 g/mol. The van der Waals surface area contributed by atoms with Crippen LogP contribution in [0.1, 0.15) is 72.5 Å². The molecule has 0 aromatic heterocycles. The molecule has 3 unspecified atom stereocenters. The maximum Gasteiger partial charge on any atom is 0.310 e. The SMILES string of the molecule is CCOC(=O)C1CCCN(C(=O)c2ccc(/C=C3/OC4CCCCC4N(Cc4cccc(C)c4)C3=O)cc2)C1. The van der Waals surface area contributed by atoms with E-state index in [1.165, 1.54) is 5.56 Å². The molecule has 2 saturated heterocycles. The van der Waals surface area contributed by atoms with Gasteiger partial charge in [0, 0.05) is 25.2 Å². The molecule has 2 aliphatic heterocycles. The molecule has 2 heterocycles. The van der Waals surface area contributed by atoms with Gasteiger partial charge in [0.25, 0.3) is 11.8 Å². The van der Waals surface area contributed by atoms with Gasteiger partial charge in [-0.25, -0.2) is 0 Å². The van der Waals surface area contributed by atoms with E-state index in [9.17, 15) is 14.4 Å². The predicted octanol–water partition coefficient (Wildman–Crippen LogP) is 5.12. The second kappa shape index (κ2) is 12.1.